The lowest BCUT2D eigenvalue weighted by Crippen LogP contribution is -2.40. The molecule has 4 nitrogen and oxygen atoms in total. The predicted octanol–water partition coefficient (Wildman–Crippen LogP) is 5.49. The number of fused-ring (bicyclic) bond motifs is 1. The molecule has 1 fully saturated rings. The zero-order chi connectivity index (χ0) is 22.0. The van der Waals surface area contributed by atoms with E-state index < -0.39 is 11.7 Å². The van der Waals surface area contributed by atoms with Crippen LogP contribution < -0.4 is 4.90 Å². The maximum atomic E-state index is 13.7. The van der Waals surface area contributed by atoms with Crippen molar-refractivity contribution >= 4 is 28.1 Å². The van der Waals surface area contributed by atoms with Gasteiger partial charge in [-0.05, 0) is 36.6 Å². The van der Waals surface area contributed by atoms with E-state index in [2.05, 4.69) is 0 Å². The second-order valence-corrected chi connectivity index (χ2v) is 7.34. The molecule has 0 radical (unpaired) electrons. The first-order valence-corrected chi connectivity index (χ1v) is 10.2. The number of amides is 1. The summed E-state index contributed by atoms with van der Waals surface area (Å²) in [5, 5.41) is 1.46. The van der Waals surface area contributed by atoms with Crippen molar-refractivity contribution in [1.29, 1.82) is 0 Å². The minimum atomic E-state index is -4.49. The van der Waals surface area contributed by atoms with Gasteiger partial charge in [-0.15, -0.1) is 0 Å². The Labute approximate surface area is 178 Å². The molecule has 4 rings (SSSR count). The number of rotatable bonds is 4. The first-order valence-electron chi connectivity index (χ1n) is 10.2. The fraction of sp³-hybridized carbons (Fsp3) is 0.292. The number of morpholine rings is 1. The van der Waals surface area contributed by atoms with E-state index in [-0.39, 0.29) is 11.6 Å². The minimum Gasteiger partial charge on any atom is -0.378 e. The fourth-order valence-corrected chi connectivity index (χ4v) is 4.08. The lowest BCUT2D eigenvalue weighted by atomic mass is 9.99. The van der Waals surface area contributed by atoms with E-state index in [0.29, 0.717) is 49.5 Å². The number of nitrogens with zero attached hydrogens (tertiary/aromatic N) is 2. The zero-order valence-corrected chi connectivity index (χ0v) is 17.2. The molecule has 1 aliphatic heterocycles. The topological polar surface area (TPSA) is 32.8 Å². The van der Waals surface area contributed by atoms with Crippen LogP contribution in [-0.2, 0) is 10.9 Å². The van der Waals surface area contributed by atoms with Gasteiger partial charge < -0.3 is 14.5 Å². The average molecular weight is 428 g/mol. The number of carbonyl (C=O) groups is 1. The second kappa shape index (κ2) is 8.59. The van der Waals surface area contributed by atoms with Crippen LogP contribution in [0.2, 0.25) is 0 Å². The number of hydrogen-bond acceptors (Lipinski definition) is 3. The van der Waals surface area contributed by atoms with Crippen molar-refractivity contribution in [3.63, 3.8) is 0 Å². The molecule has 0 N–H and O–H groups in total. The highest BCUT2D eigenvalue weighted by molar-refractivity contribution is 6.12. The second-order valence-electron chi connectivity index (χ2n) is 7.34. The van der Waals surface area contributed by atoms with E-state index in [1.165, 1.54) is 12.1 Å². The highest BCUT2D eigenvalue weighted by atomic mass is 19.4. The maximum Gasteiger partial charge on any atom is 0.418 e. The Morgan fingerprint density at radius 2 is 1.61 bits per heavy atom. The van der Waals surface area contributed by atoms with Crippen LogP contribution in [-0.4, -0.2) is 43.7 Å². The summed E-state index contributed by atoms with van der Waals surface area (Å²) in [6.45, 7) is 4.05. The number of halogens is 3. The number of ether oxygens (including phenoxy) is 1. The molecule has 162 valence electrons. The zero-order valence-electron chi connectivity index (χ0n) is 17.2. The monoisotopic (exact) mass is 428 g/mol. The van der Waals surface area contributed by atoms with Crippen molar-refractivity contribution in [3.05, 3.63) is 71.8 Å². The molecule has 1 heterocycles. The van der Waals surface area contributed by atoms with Crippen LogP contribution in [0.25, 0.3) is 10.8 Å². The highest BCUT2D eigenvalue weighted by Crippen LogP contribution is 2.41. The van der Waals surface area contributed by atoms with Gasteiger partial charge >= 0.3 is 6.18 Å². The van der Waals surface area contributed by atoms with Gasteiger partial charge in [0.2, 0.25) is 0 Å². The van der Waals surface area contributed by atoms with Crippen molar-refractivity contribution in [2.75, 3.05) is 37.7 Å². The molecule has 0 unspecified atom stereocenters. The Balaban J connectivity index is 1.89. The van der Waals surface area contributed by atoms with Crippen LogP contribution in [0, 0.1) is 0 Å². The minimum absolute atomic E-state index is 0.0682. The van der Waals surface area contributed by atoms with E-state index in [0.717, 1.165) is 11.5 Å². The summed E-state index contributed by atoms with van der Waals surface area (Å²) in [7, 11) is 0. The quantitative estimate of drug-likeness (QED) is 0.551. The molecule has 0 spiro atoms. The van der Waals surface area contributed by atoms with E-state index >= 15 is 0 Å². The number of carbonyl (C=O) groups excluding carboxylic acids is 1. The first kappa shape index (κ1) is 21.2. The third-order valence-electron chi connectivity index (χ3n) is 5.52. The molecule has 0 aliphatic carbocycles. The van der Waals surface area contributed by atoms with Crippen molar-refractivity contribution in [3.8, 4) is 0 Å². The Kier molecular flexibility index (Phi) is 5.87. The summed E-state index contributed by atoms with van der Waals surface area (Å²) in [5.41, 5.74) is 0.427. The maximum absolute atomic E-state index is 13.7. The van der Waals surface area contributed by atoms with Crippen molar-refractivity contribution in [2.45, 2.75) is 13.1 Å². The Morgan fingerprint density at radius 1 is 0.968 bits per heavy atom. The molecule has 3 aromatic rings. The molecule has 0 atom stereocenters. The van der Waals surface area contributed by atoms with Crippen LogP contribution in [0.3, 0.4) is 0 Å². The highest BCUT2D eigenvalue weighted by Gasteiger charge is 2.35. The summed E-state index contributed by atoms with van der Waals surface area (Å²) >= 11 is 0. The van der Waals surface area contributed by atoms with Crippen molar-refractivity contribution in [1.82, 2.24) is 4.90 Å². The number of benzene rings is 3. The Bertz CT molecular complexity index is 1090. The van der Waals surface area contributed by atoms with Gasteiger partial charge in [0.1, 0.15) is 0 Å². The van der Waals surface area contributed by atoms with Gasteiger partial charge in [0.15, 0.2) is 0 Å². The summed E-state index contributed by atoms with van der Waals surface area (Å²) in [4.78, 5) is 16.7. The molecule has 1 aliphatic rings. The number of hydrogen-bond donors (Lipinski definition) is 0. The molecule has 0 aromatic heterocycles. The normalized spacial score (nSPS) is 14.6. The molecule has 1 amide bonds. The molecule has 0 saturated carbocycles. The van der Waals surface area contributed by atoms with Crippen LogP contribution >= 0.6 is 0 Å². The van der Waals surface area contributed by atoms with Crippen LogP contribution in [0.1, 0.15) is 22.8 Å². The SMILES string of the molecule is CCN(c1ccccc1C(F)(F)F)c1cccc2cccc(C(=O)N3CCOCC3)c12. The molecule has 7 heteroatoms. The smallest absolute Gasteiger partial charge is 0.378 e. The van der Waals surface area contributed by atoms with Crippen molar-refractivity contribution < 1.29 is 22.7 Å². The van der Waals surface area contributed by atoms with E-state index in [1.54, 1.807) is 47.1 Å². The summed E-state index contributed by atoms with van der Waals surface area (Å²) in [5.74, 6) is -0.137. The van der Waals surface area contributed by atoms with Gasteiger partial charge in [-0.3, -0.25) is 4.79 Å². The predicted molar refractivity (Wildman–Crippen MR) is 115 cm³/mol. The number of anilines is 2. The fourth-order valence-electron chi connectivity index (χ4n) is 4.08. The molecular formula is C24H23F3N2O2. The van der Waals surface area contributed by atoms with E-state index in [4.69, 9.17) is 4.74 Å². The van der Waals surface area contributed by atoms with Gasteiger partial charge in [-0.1, -0.05) is 36.4 Å². The van der Waals surface area contributed by atoms with Gasteiger partial charge in [0, 0.05) is 36.3 Å². The average Bonchev–Trinajstić information content (AvgIpc) is 2.79. The van der Waals surface area contributed by atoms with Crippen LogP contribution in [0.5, 0.6) is 0 Å². The standard InChI is InChI=1S/C24H23F3N2O2/c1-2-29(20-11-4-3-10-19(20)24(25,26)27)21-12-6-8-17-7-5-9-18(22(17)21)23(30)28-13-15-31-16-14-28/h3-12H,2,13-16H2,1H3. The molecule has 31 heavy (non-hydrogen) atoms. The van der Waals surface area contributed by atoms with Crippen LogP contribution in [0.4, 0.5) is 24.5 Å². The largest absolute Gasteiger partial charge is 0.418 e. The van der Waals surface area contributed by atoms with Crippen molar-refractivity contribution in [2.24, 2.45) is 0 Å². The van der Waals surface area contributed by atoms with Crippen LogP contribution in [0.15, 0.2) is 60.7 Å². The first-order chi connectivity index (χ1) is 14.9. The van der Waals surface area contributed by atoms with Gasteiger partial charge in [0.05, 0.1) is 24.5 Å². The van der Waals surface area contributed by atoms with Gasteiger partial charge in [0.25, 0.3) is 5.91 Å². The number of para-hydroxylation sites is 1. The molecule has 1 saturated heterocycles. The third kappa shape index (κ3) is 4.10. The molecular weight excluding hydrogens is 405 g/mol. The number of alkyl halides is 3. The Morgan fingerprint density at radius 3 is 2.29 bits per heavy atom. The lowest BCUT2D eigenvalue weighted by molar-refractivity contribution is -0.137. The third-order valence-corrected chi connectivity index (χ3v) is 5.52. The molecule has 3 aromatic carbocycles. The van der Waals surface area contributed by atoms with Gasteiger partial charge in [-0.25, -0.2) is 0 Å². The summed E-state index contributed by atoms with van der Waals surface area (Å²) in [6.07, 6.45) is -4.49. The molecule has 0 bridgehead atoms. The van der Waals surface area contributed by atoms with E-state index in [9.17, 15) is 18.0 Å². The summed E-state index contributed by atoms with van der Waals surface area (Å²) in [6, 6.07) is 16.4. The summed E-state index contributed by atoms with van der Waals surface area (Å²) < 4.78 is 46.5. The van der Waals surface area contributed by atoms with E-state index in [1.807, 2.05) is 12.1 Å². The lowest BCUT2D eigenvalue weighted by Gasteiger charge is -2.30. The Hall–Kier alpha value is -3.06. The van der Waals surface area contributed by atoms with Gasteiger partial charge in [-0.2, -0.15) is 13.2 Å².